The van der Waals surface area contributed by atoms with E-state index in [4.69, 9.17) is 4.74 Å². The standard InChI is InChI=1S/C25H20F3NO3/c26-25(27,28)21-13-7-8-18(16-21)14-15-23(31)32-17-22(30)29-24(19-9-3-1-4-10-19)20-11-5-2-6-12-20/h1-16,24H,17H2,(H,29,30)/b15-14+. The molecule has 0 spiro atoms. The van der Waals surface area contributed by atoms with Crippen LogP contribution >= 0.6 is 0 Å². The Balaban J connectivity index is 1.60. The Hall–Kier alpha value is -3.87. The van der Waals surface area contributed by atoms with Gasteiger partial charge in [-0.25, -0.2) is 4.79 Å². The Kier molecular flexibility index (Phi) is 7.44. The second kappa shape index (κ2) is 10.4. The zero-order valence-corrected chi connectivity index (χ0v) is 16.9. The molecule has 4 nitrogen and oxygen atoms in total. The lowest BCUT2D eigenvalue weighted by Gasteiger charge is -2.19. The van der Waals surface area contributed by atoms with Crippen molar-refractivity contribution < 1.29 is 27.5 Å². The first kappa shape index (κ1) is 22.8. The monoisotopic (exact) mass is 439 g/mol. The number of ether oxygens (including phenoxy) is 1. The summed E-state index contributed by atoms with van der Waals surface area (Å²) in [6.07, 6.45) is -2.29. The van der Waals surface area contributed by atoms with Crippen LogP contribution in [0.3, 0.4) is 0 Å². The van der Waals surface area contributed by atoms with Gasteiger partial charge >= 0.3 is 12.1 Å². The smallest absolute Gasteiger partial charge is 0.416 e. The number of nitrogens with one attached hydrogen (secondary N) is 1. The van der Waals surface area contributed by atoms with E-state index in [2.05, 4.69) is 5.32 Å². The Labute approximate surface area is 183 Å². The highest BCUT2D eigenvalue weighted by atomic mass is 19.4. The van der Waals surface area contributed by atoms with Crippen LogP contribution < -0.4 is 5.32 Å². The van der Waals surface area contributed by atoms with Crippen LogP contribution in [0.2, 0.25) is 0 Å². The first-order chi connectivity index (χ1) is 15.3. The molecule has 3 rings (SSSR count). The fourth-order valence-corrected chi connectivity index (χ4v) is 3.02. The van der Waals surface area contributed by atoms with Gasteiger partial charge in [-0.2, -0.15) is 13.2 Å². The summed E-state index contributed by atoms with van der Waals surface area (Å²) in [5, 5.41) is 2.84. The Morgan fingerprint density at radius 2 is 1.47 bits per heavy atom. The van der Waals surface area contributed by atoms with Gasteiger partial charge in [-0.3, -0.25) is 4.79 Å². The molecule has 0 bridgehead atoms. The van der Waals surface area contributed by atoms with Crippen molar-refractivity contribution in [1.29, 1.82) is 0 Å². The number of hydrogen-bond acceptors (Lipinski definition) is 3. The highest BCUT2D eigenvalue weighted by Crippen LogP contribution is 2.29. The van der Waals surface area contributed by atoms with E-state index in [1.54, 1.807) is 0 Å². The van der Waals surface area contributed by atoms with E-state index in [-0.39, 0.29) is 5.56 Å². The zero-order valence-electron chi connectivity index (χ0n) is 16.9. The number of benzene rings is 3. The minimum absolute atomic E-state index is 0.189. The number of rotatable bonds is 7. The second-order valence-electron chi connectivity index (χ2n) is 6.89. The van der Waals surface area contributed by atoms with E-state index in [0.717, 1.165) is 29.3 Å². The molecule has 0 radical (unpaired) electrons. The largest absolute Gasteiger partial charge is 0.452 e. The molecule has 0 aliphatic carbocycles. The molecule has 0 atom stereocenters. The second-order valence-corrected chi connectivity index (χ2v) is 6.89. The van der Waals surface area contributed by atoms with E-state index in [1.165, 1.54) is 18.2 Å². The van der Waals surface area contributed by atoms with Crippen LogP contribution in [-0.4, -0.2) is 18.5 Å². The molecule has 0 heterocycles. The number of amides is 1. The number of carbonyl (C=O) groups is 2. The quantitative estimate of drug-likeness (QED) is 0.408. The Morgan fingerprint density at radius 1 is 0.875 bits per heavy atom. The number of esters is 1. The first-order valence-corrected chi connectivity index (χ1v) is 9.74. The van der Waals surface area contributed by atoms with Gasteiger partial charge in [0.2, 0.25) is 0 Å². The van der Waals surface area contributed by atoms with Crippen LogP contribution in [0.15, 0.2) is 91.0 Å². The molecule has 0 unspecified atom stereocenters. The van der Waals surface area contributed by atoms with Gasteiger partial charge in [0, 0.05) is 6.08 Å². The van der Waals surface area contributed by atoms with Crippen LogP contribution in [0.4, 0.5) is 13.2 Å². The molecule has 164 valence electrons. The maximum absolute atomic E-state index is 12.8. The summed E-state index contributed by atoms with van der Waals surface area (Å²) in [6.45, 7) is -0.526. The third-order valence-electron chi connectivity index (χ3n) is 4.54. The lowest BCUT2D eigenvalue weighted by Crippen LogP contribution is -2.32. The number of halogens is 3. The molecule has 0 aromatic heterocycles. The highest BCUT2D eigenvalue weighted by molar-refractivity contribution is 5.89. The number of alkyl halides is 3. The van der Waals surface area contributed by atoms with Crippen LogP contribution in [-0.2, 0) is 20.5 Å². The molecule has 3 aromatic rings. The lowest BCUT2D eigenvalue weighted by molar-refractivity contribution is -0.143. The average Bonchev–Trinajstić information content (AvgIpc) is 2.80. The molecule has 32 heavy (non-hydrogen) atoms. The van der Waals surface area contributed by atoms with Gasteiger partial charge in [0.1, 0.15) is 0 Å². The van der Waals surface area contributed by atoms with E-state index < -0.39 is 36.3 Å². The summed E-state index contributed by atoms with van der Waals surface area (Å²) in [5.41, 5.74) is 1.10. The van der Waals surface area contributed by atoms with Crippen molar-refractivity contribution in [2.24, 2.45) is 0 Å². The number of hydrogen-bond donors (Lipinski definition) is 1. The molecule has 0 aliphatic heterocycles. The minimum atomic E-state index is -4.48. The topological polar surface area (TPSA) is 55.4 Å². The van der Waals surface area contributed by atoms with Crippen molar-refractivity contribution in [3.63, 3.8) is 0 Å². The highest BCUT2D eigenvalue weighted by Gasteiger charge is 2.30. The van der Waals surface area contributed by atoms with Gasteiger partial charge in [-0.15, -0.1) is 0 Å². The van der Waals surface area contributed by atoms with E-state index in [1.807, 2.05) is 60.7 Å². The normalized spacial score (nSPS) is 11.5. The molecule has 0 aliphatic rings. The fourth-order valence-electron chi connectivity index (χ4n) is 3.02. The molecular formula is C25H20F3NO3. The van der Waals surface area contributed by atoms with E-state index in [0.29, 0.717) is 0 Å². The van der Waals surface area contributed by atoms with E-state index >= 15 is 0 Å². The maximum atomic E-state index is 12.8. The van der Waals surface area contributed by atoms with Crippen LogP contribution in [0.25, 0.3) is 6.08 Å². The van der Waals surface area contributed by atoms with Gasteiger partial charge < -0.3 is 10.1 Å². The van der Waals surface area contributed by atoms with Gasteiger partial charge in [0.15, 0.2) is 6.61 Å². The van der Waals surface area contributed by atoms with Gasteiger partial charge in [0.25, 0.3) is 5.91 Å². The number of carbonyl (C=O) groups excluding carboxylic acids is 2. The van der Waals surface area contributed by atoms with Crippen molar-refractivity contribution in [2.75, 3.05) is 6.61 Å². The molecule has 0 fully saturated rings. The van der Waals surface area contributed by atoms with Crippen LogP contribution in [0.1, 0.15) is 28.3 Å². The third-order valence-corrected chi connectivity index (χ3v) is 4.54. The zero-order chi connectivity index (χ0) is 23.0. The molecule has 7 heteroatoms. The molecule has 1 N–H and O–H groups in total. The fraction of sp³-hybridized carbons (Fsp3) is 0.120. The van der Waals surface area contributed by atoms with E-state index in [9.17, 15) is 22.8 Å². The summed E-state index contributed by atoms with van der Waals surface area (Å²) in [4.78, 5) is 24.3. The third kappa shape index (κ3) is 6.57. The van der Waals surface area contributed by atoms with Gasteiger partial charge in [-0.1, -0.05) is 72.8 Å². The summed E-state index contributed by atoms with van der Waals surface area (Å²) in [6, 6.07) is 22.8. The SMILES string of the molecule is O=C(COC(=O)/C=C/c1cccc(C(F)(F)F)c1)NC(c1ccccc1)c1ccccc1. The maximum Gasteiger partial charge on any atom is 0.416 e. The summed E-state index contributed by atoms with van der Waals surface area (Å²) in [7, 11) is 0. The van der Waals surface area contributed by atoms with Crippen LogP contribution in [0, 0.1) is 0 Å². The molecule has 1 amide bonds. The van der Waals surface area contributed by atoms with Crippen molar-refractivity contribution in [1.82, 2.24) is 5.32 Å². The van der Waals surface area contributed by atoms with Crippen molar-refractivity contribution in [3.8, 4) is 0 Å². The minimum Gasteiger partial charge on any atom is -0.452 e. The Morgan fingerprint density at radius 3 is 2.03 bits per heavy atom. The van der Waals surface area contributed by atoms with Crippen LogP contribution in [0.5, 0.6) is 0 Å². The first-order valence-electron chi connectivity index (χ1n) is 9.74. The van der Waals surface area contributed by atoms with Gasteiger partial charge in [0.05, 0.1) is 11.6 Å². The summed E-state index contributed by atoms with van der Waals surface area (Å²) < 4.78 is 43.2. The van der Waals surface area contributed by atoms with Crippen molar-refractivity contribution >= 4 is 18.0 Å². The summed E-state index contributed by atoms with van der Waals surface area (Å²) in [5.74, 6) is -1.35. The molecule has 0 saturated heterocycles. The van der Waals surface area contributed by atoms with Crippen molar-refractivity contribution in [2.45, 2.75) is 12.2 Å². The molecular weight excluding hydrogens is 419 g/mol. The molecule has 0 saturated carbocycles. The van der Waals surface area contributed by atoms with Crippen molar-refractivity contribution in [3.05, 3.63) is 113 Å². The molecule has 3 aromatic carbocycles. The predicted octanol–water partition coefficient (Wildman–Crippen LogP) is 5.17. The lowest BCUT2D eigenvalue weighted by atomic mass is 9.99. The van der Waals surface area contributed by atoms with Gasteiger partial charge in [-0.05, 0) is 34.9 Å². The average molecular weight is 439 g/mol. The Bertz CT molecular complexity index is 1040. The predicted molar refractivity (Wildman–Crippen MR) is 114 cm³/mol. The summed E-state index contributed by atoms with van der Waals surface area (Å²) >= 11 is 0.